The third-order valence-corrected chi connectivity index (χ3v) is 9.28. The summed E-state index contributed by atoms with van der Waals surface area (Å²) in [7, 11) is 12.5. The molecule has 5 rings (SSSR count). The highest BCUT2D eigenvalue weighted by Gasteiger charge is 2.53. The highest BCUT2D eigenvalue weighted by atomic mass is 16.7. The fourth-order valence-corrected chi connectivity index (χ4v) is 6.12. The Bertz CT molecular complexity index is 2100. The van der Waals surface area contributed by atoms with Gasteiger partial charge in [0.25, 0.3) is 0 Å². The molecule has 1 heterocycles. The molecular weight excluding hydrogens is 804 g/mol. The third kappa shape index (κ3) is 11.0. The second kappa shape index (κ2) is 20.9. The number of carbonyl (C=O) groups is 4. The number of esters is 4. The zero-order valence-electron chi connectivity index (χ0n) is 34.9. The number of benzene rings is 4. The Labute approximate surface area is 351 Å². The second-order valence-corrected chi connectivity index (χ2v) is 12.9. The average Bonchev–Trinajstić information content (AvgIpc) is 3.30. The standard InChI is InChI=1S/C43H46O18/c1-48-27-10-23(11-28(18-27)49-2)39(44)57-22-35-36(59-40(45)24-12-29(50-3)19-30(13-24)51-4)37(60-41(46)25-14-31(52-5)20-32(15-25)53-6)38(43(56-9)58-35)61-42(47)26-16-33(54-7)21-34(17-26)55-8/h10-21,35-38,43H,22H2,1-9H3/t35-,36-,37+,38-,43+/m1/s1. The summed E-state index contributed by atoms with van der Waals surface area (Å²) in [6.07, 6.45) is -8.03. The fourth-order valence-electron chi connectivity index (χ4n) is 6.12. The molecular formula is C43H46O18. The molecule has 1 saturated heterocycles. The van der Waals surface area contributed by atoms with Crippen molar-refractivity contribution in [2.24, 2.45) is 0 Å². The summed E-state index contributed by atoms with van der Waals surface area (Å²) in [6, 6.07) is 17.3. The number of hydrogen-bond donors (Lipinski definition) is 0. The molecule has 1 fully saturated rings. The Morgan fingerprint density at radius 2 is 0.672 bits per heavy atom. The molecule has 18 heteroatoms. The number of carbonyl (C=O) groups excluding carboxylic acids is 4. The van der Waals surface area contributed by atoms with Crippen LogP contribution in [0.1, 0.15) is 41.4 Å². The molecule has 0 aromatic heterocycles. The van der Waals surface area contributed by atoms with Crippen LogP contribution in [0.2, 0.25) is 0 Å². The quantitative estimate of drug-likeness (QED) is 0.0961. The normalized spacial score (nSPS) is 18.1. The minimum Gasteiger partial charge on any atom is -0.497 e. The van der Waals surface area contributed by atoms with Gasteiger partial charge in [-0.15, -0.1) is 0 Å². The second-order valence-electron chi connectivity index (χ2n) is 12.9. The predicted molar refractivity (Wildman–Crippen MR) is 212 cm³/mol. The molecule has 0 N–H and O–H groups in total. The Kier molecular flexibility index (Phi) is 15.4. The maximum Gasteiger partial charge on any atom is 0.339 e. The van der Waals surface area contributed by atoms with Crippen LogP contribution in [-0.4, -0.2) is 125 Å². The molecule has 0 radical (unpaired) electrons. The highest BCUT2D eigenvalue weighted by Crippen LogP contribution is 2.34. The van der Waals surface area contributed by atoms with Crippen molar-refractivity contribution in [2.75, 3.05) is 70.6 Å². The van der Waals surface area contributed by atoms with Gasteiger partial charge in [0.1, 0.15) is 58.7 Å². The van der Waals surface area contributed by atoms with Crippen molar-refractivity contribution in [3.63, 3.8) is 0 Å². The summed E-state index contributed by atoms with van der Waals surface area (Å²) in [5, 5.41) is 0. The van der Waals surface area contributed by atoms with Gasteiger partial charge in [0.05, 0.1) is 79.1 Å². The van der Waals surface area contributed by atoms with Gasteiger partial charge in [-0.05, 0) is 48.5 Å². The molecule has 1 aliphatic heterocycles. The highest BCUT2D eigenvalue weighted by molar-refractivity contribution is 5.93. The number of rotatable bonds is 18. The van der Waals surface area contributed by atoms with Gasteiger partial charge >= 0.3 is 23.9 Å². The monoisotopic (exact) mass is 850 g/mol. The largest absolute Gasteiger partial charge is 0.497 e. The van der Waals surface area contributed by atoms with E-state index in [-0.39, 0.29) is 56.8 Å². The van der Waals surface area contributed by atoms with Crippen LogP contribution in [0.5, 0.6) is 46.0 Å². The van der Waals surface area contributed by atoms with E-state index in [1.807, 2.05) is 0 Å². The summed E-state index contributed by atoms with van der Waals surface area (Å²) >= 11 is 0. The molecule has 18 nitrogen and oxygen atoms in total. The van der Waals surface area contributed by atoms with Crippen molar-refractivity contribution in [1.82, 2.24) is 0 Å². The molecule has 0 saturated carbocycles. The van der Waals surface area contributed by atoms with E-state index in [2.05, 4.69) is 0 Å². The molecule has 0 spiro atoms. The summed E-state index contributed by atoms with van der Waals surface area (Å²) in [6.45, 7) is -0.619. The summed E-state index contributed by atoms with van der Waals surface area (Å²) in [4.78, 5) is 55.9. The van der Waals surface area contributed by atoms with Crippen LogP contribution in [0, 0.1) is 0 Å². The smallest absolute Gasteiger partial charge is 0.339 e. The van der Waals surface area contributed by atoms with Gasteiger partial charge in [-0.1, -0.05) is 0 Å². The topological polar surface area (TPSA) is 197 Å². The van der Waals surface area contributed by atoms with E-state index in [1.165, 1.54) is 125 Å². The molecule has 4 aromatic rings. The van der Waals surface area contributed by atoms with Crippen LogP contribution in [-0.2, 0) is 28.4 Å². The molecule has 61 heavy (non-hydrogen) atoms. The number of ether oxygens (including phenoxy) is 14. The summed E-state index contributed by atoms with van der Waals surface area (Å²) < 4.78 is 78.6. The van der Waals surface area contributed by atoms with Gasteiger partial charge in [0.15, 0.2) is 24.6 Å². The molecule has 0 bridgehead atoms. The van der Waals surface area contributed by atoms with Crippen molar-refractivity contribution in [3.05, 3.63) is 95.1 Å². The maximum atomic E-state index is 14.2. The van der Waals surface area contributed by atoms with Crippen molar-refractivity contribution in [2.45, 2.75) is 30.7 Å². The number of hydrogen-bond acceptors (Lipinski definition) is 18. The van der Waals surface area contributed by atoms with Crippen molar-refractivity contribution in [1.29, 1.82) is 0 Å². The third-order valence-electron chi connectivity index (χ3n) is 9.28. The van der Waals surface area contributed by atoms with Crippen LogP contribution in [0.3, 0.4) is 0 Å². The van der Waals surface area contributed by atoms with Crippen LogP contribution >= 0.6 is 0 Å². The Balaban J connectivity index is 1.62. The first kappa shape index (κ1) is 45.2. The van der Waals surface area contributed by atoms with E-state index >= 15 is 0 Å². The van der Waals surface area contributed by atoms with Gasteiger partial charge in [-0.3, -0.25) is 0 Å². The van der Waals surface area contributed by atoms with Crippen molar-refractivity contribution in [3.8, 4) is 46.0 Å². The molecule has 1 aliphatic rings. The molecule has 0 unspecified atom stereocenters. The van der Waals surface area contributed by atoms with E-state index in [4.69, 9.17) is 66.3 Å². The van der Waals surface area contributed by atoms with Crippen molar-refractivity contribution < 1.29 is 85.5 Å². The first-order valence-corrected chi connectivity index (χ1v) is 18.3. The van der Waals surface area contributed by atoms with E-state index < -0.39 is 61.2 Å². The molecule has 5 atom stereocenters. The molecule has 0 amide bonds. The Morgan fingerprint density at radius 1 is 0.393 bits per heavy atom. The maximum absolute atomic E-state index is 14.2. The number of methoxy groups -OCH3 is 9. The minimum atomic E-state index is -1.73. The van der Waals surface area contributed by atoms with E-state index in [1.54, 1.807) is 12.1 Å². The van der Waals surface area contributed by atoms with Crippen LogP contribution in [0.15, 0.2) is 72.8 Å². The Morgan fingerprint density at radius 3 is 0.967 bits per heavy atom. The van der Waals surface area contributed by atoms with Crippen LogP contribution in [0.4, 0.5) is 0 Å². The molecule has 4 aromatic carbocycles. The van der Waals surface area contributed by atoms with Gasteiger partial charge < -0.3 is 66.3 Å². The van der Waals surface area contributed by atoms with Gasteiger partial charge in [-0.2, -0.15) is 0 Å². The van der Waals surface area contributed by atoms with Gasteiger partial charge in [0.2, 0.25) is 0 Å². The lowest BCUT2D eigenvalue weighted by atomic mass is 9.97. The lowest BCUT2D eigenvalue weighted by Crippen LogP contribution is -2.63. The lowest BCUT2D eigenvalue weighted by Gasteiger charge is -2.44. The van der Waals surface area contributed by atoms with Crippen LogP contribution < -0.4 is 37.9 Å². The zero-order valence-corrected chi connectivity index (χ0v) is 34.9. The van der Waals surface area contributed by atoms with Crippen molar-refractivity contribution >= 4 is 23.9 Å². The van der Waals surface area contributed by atoms with Crippen LogP contribution in [0.25, 0.3) is 0 Å². The first-order valence-electron chi connectivity index (χ1n) is 18.3. The average molecular weight is 851 g/mol. The SMILES string of the molecule is COc1cc(OC)cc(C(=O)OC[C@H]2O[C@H](OC)[C@H](OC(=O)c3cc(OC)cc(OC)c3)[C@@H](OC(=O)c3cc(OC)cc(OC)c3)[C@@H]2OC(=O)c2cc(OC)cc(OC)c2)c1. The molecule has 0 aliphatic carbocycles. The van der Waals surface area contributed by atoms with E-state index in [9.17, 15) is 19.2 Å². The first-order chi connectivity index (χ1) is 29.4. The minimum absolute atomic E-state index is 0.0320. The van der Waals surface area contributed by atoms with E-state index in [0.29, 0.717) is 11.5 Å². The van der Waals surface area contributed by atoms with Gasteiger partial charge in [-0.25, -0.2) is 19.2 Å². The Hall–Kier alpha value is -6.92. The molecule has 326 valence electrons. The van der Waals surface area contributed by atoms with E-state index in [0.717, 1.165) is 0 Å². The zero-order chi connectivity index (χ0) is 44.2. The predicted octanol–water partition coefficient (Wildman–Crippen LogP) is 4.96. The van der Waals surface area contributed by atoms with Gasteiger partial charge in [0, 0.05) is 31.4 Å². The fraction of sp³-hybridized carbons (Fsp3) is 0.349. The summed E-state index contributed by atoms with van der Waals surface area (Å²) in [5.41, 5.74) is -0.0982. The lowest BCUT2D eigenvalue weighted by molar-refractivity contribution is -0.291. The summed E-state index contributed by atoms with van der Waals surface area (Å²) in [5.74, 6) is -1.66.